The van der Waals surface area contributed by atoms with E-state index in [9.17, 15) is 19.5 Å². The first-order valence-corrected chi connectivity index (χ1v) is 12.1. The fraction of sp³-hybridized carbons (Fsp3) is 0.172. The number of hydrogen-bond donors (Lipinski definition) is 1. The van der Waals surface area contributed by atoms with Gasteiger partial charge in [-0.3, -0.25) is 19.4 Å². The van der Waals surface area contributed by atoms with Crippen molar-refractivity contribution < 1.29 is 29.0 Å². The summed E-state index contributed by atoms with van der Waals surface area (Å²) in [5.41, 5.74) is -0.383. The third-order valence-electron chi connectivity index (χ3n) is 7.00. The number of ether oxygens (including phenoxy) is 2. The molecule has 190 valence electrons. The topological polar surface area (TPSA) is 109 Å². The second kappa shape index (κ2) is 8.88. The Morgan fingerprint density at radius 3 is 2.61 bits per heavy atom. The van der Waals surface area contributed by atoms with E-state index in [-0.39, 0.29) is 24.2 Å². The van der Waals surface area contributed by atoms with Crippen LogP contribution in [-0.2, 0) is 26.5 Å². The molecule has 2 aromatic carbocycles. The molecule has 9 heteroatoms. The number of pyridine rings is 1. The van der Waals surface area contributed by atoms with E-state index in [2.05, 4.69) is 11.6 Å². The van der Waals surface area contributed by atoms with Crippen molar-refractivity contribution in [2.24, 2.45) is 0 Å². The molecule has 1 saturated heterocycles. The summed E-state index contributed by atoms with van der Waals surface area (Å²) in [6.07, 6.45) is 4.74. The molecule has 6 rings (SSSR count). The van der Waals surface area contributed by atoms with Gasteiger partial charge in [-0.15, -0.1) is 6.58 Å². The molecule has 2 amide bonds. The highest BCUT2D eigenvalue weighted by Crippen LogP contribution is 2.54. The number of nitrogens with zero attached hydrogens (tertiary/aromatic N) is 3. The van der Waals surface area contributed by atoms with Gasteiger partial charge in [-0.05, 0) is 35.9 Å². The Morgan fingerprint density at radius 1 is 1.05 bits per heavy atom. The zero-order valence-electron chi connectivity index (χ0n) is 20.3. The SMILES string of the molecule is C=CCN1C(=O)C2(C(=C(O)c3ccc4c(c3)OCCO4)C(=O)C(=O)N2Cc2cccnc2)c2ccccc21. The highest BCUT2D eigenvalue weighted by Gasteiger charge is 2.67. The molecule has 0 aliphatic carbocycles. The zero-order chi connectivity index (χ0) is 26.4. The largest absolute Gasteiger partial charge is 0.507 e. The average molecular weight is 510 g/mol. The maximum atomic E-state index is 14.4. The van der Waals surface area contributed by atoms with Crippen molar-refractivity contribution >= 4 is 29.0 Å². The molecule has 9 nitrogen and oxygen atoms in total. The minimum absolute atomic E-state index is 0.0711. The van der Waals surface area contributed by atoms with Crippen molar-refractivity contribution in [2.75, 3.05) is 24.7 Å². The number of carbonyl (C=O) groups is 3. The summed E-state index contributed by atoms with van der Waals surface area (Å²) in [5, 5.41) is 11.7. The predicted molar refractivity (Wildman–Crippen MR) is 137 cm³/mol. The Hall–Kier alpha value is -4.92. The number of fused-ring (bicyclic) bond motifs is 3. The predicted octanol–water partition coefficient (Wildman–Crippen LogP) is 3.16. The van der Waals surface area contributed by atoms with Crippen LogP contribution in [0.4, 0.5) is 5.69 Å². The Bertz CT molecular complexity index is 1530. The monoisotopic (exact) mass is 509 g/mol. The lowest BCUT2D eigenvalue weighted by molar-refractivity contribution is -0.144. The van der Waals surface area contributed by atoms with Crippen molar-refractivity contribution in [3.05, 3.63) is 102 Å². The number of rotatable bonds is 5. The molecule has 3 aromatic rings. The summed E-state index contributed by atoms with van der Waals surface area (Å²) in [7, 11) is 0. The fourth-order valence-corrected chi connectivity index (χ4v) is 5.41. The number of benzene rings is 2. The van der Waals surface area contributed by atoms with Gasteiger partial charge in [0.2, 0.25) is 0 Å². The van der Waals surface area contributed by atoms with Gasteiger partial charge in [-0.1, -0.05) is 30.3 Å². The lowest BCUT2D eigenvalue weighted by Crippen LogP contribution is -2.51. The van der Waals surface area contributed by atoms with Gasteiger partial charge in [-0.25, -0.2) is 0 Å². The summed E-state index contributed by atoms with van der Waals surface area (Å²) in [6.45, 7) is 4.57. The molecule has 3 aliphatic rings. The molecule has 0 radical (unpaired) electrons. The van der Waals surface area contributed by atoms with Gasteiger partial charge in [0.15, 0.2) is 17.0 Å². The van der Waals surface area contributed by atoms with Crippen molar-refractivity contribution in [2.45, 2.75) is 12.1 Å². The summed E-state index contributed by atoms with van der Waals surface area (Å²) in [5.74, 6) is -1.95. The summed E-state index contributed by atoms with van der Waals surface area (Å²) in [4.78, 5) is 48.6. The molecule has 1 spiro atoms. The lowest BCUT2D eigenvalue weighted by Gasteiger charge is -2.34. The van der Waals surface area contributed by atoms with Crippen LogP contribution < -0.4 is 14.4 Å². The molecular formula is C29H23N3O6. The second-order valence-electron chi connectivity index (χ2n) is 9.10. The van der Waals surface area contributed by atoms with Crippen LogP contribution in [-0.4, -0.2) is 52.3 Å². The number of ketones is 1. The minimum atomic E-state index is -1.89. The number of amides is 2. The Morgan fingerprint density at radius 2 is 1.84 bits per heavy atom. The summed E-state index contributed by atoms with van der Waals surface area (Å²) < 4.78 is 11.2. The fourth-order valence-electron chi connectivity index (χ4n) is 5.41. The molecule has 4 heterocycles. The molecule has 3 aliphatic heterocycles. The van der Waals surface area contributed by atoms with E-state index in [1.165, 1.54) is 9.80 Å². The lowest BCUT2D eigenvalue weighted by atomic mass is 9.81. The van der Waals surface area contributed by atoms with Crippen LogP contribution in [0, 0.1) is 0 Å². The number of Topliss-reactive ketones (excluding diaryl/α,β-unsaturated/α-hetero) is 1. The molecule has 0 bridgehead atoms. The number of aliphatic hydroxyl groups is 1. The maximum absolute atomic E-state index is 14.4. The van der Waals surface area contributed by atoms with Gasteiger partial charge in [-0.2, -0.15) is 0 Å². The van der Waals surface area contributed by atoms with E-state index in [0.29, 0.717) is 41.5 Å². The molecule has 0 saturated carbocycles. The zero-order valence-corrected chi connectivity index (χ0v) is 20.3. The van der Waals surface area contributed by atoms with Crippen LogP contribution in [0.2, 0.25) is 0 Å². The number of likely N-dealkylation sites (tertiary alicyclic amines) is 1. The Balaban J connectivity index is 1.62. The molecule has 1 fully saturated rings. The number of carbonyl (C=O) groups excluding carboxylic acids is 3. The van der Waals surface area contributed by atoms with Crippen LogP contribution in [0.5, 0.6) is 11.5 Å². The number of aliphatic hydroxyl groups excluding tert-OH is 1. The Kier molecular flexibility index (Phi) is 5.48. The first kappa shape index (κ1) is 23.5. The molecule has 1 unspecified atom stereocenters. The van der Waals surface area contributed by atoms with E-state index >= 15 is 0 Å². The van der Waals surface area contributed by atoms with Gasteiger partial charge in [0.05, 0.1) is 11.3 Å². The van der Waals surface area contributed by atoms with Crippen molar-refractivity contribution in [3.8, 4) is 11.5 Å². The molecule has 1 N–H and O–H groups in total. The van der Waals surface area contributed by atoms with Crippen LogP contribution in [0.3, 0.4) is 0 Å². The highest BCUT2D eigenvalue weighted by atomic mass is 16.6. The van der Waals surface area contributed by atoms with Crippen LogP contribution in [0.15, 0.2) is 85.2 Å². The number of aromatic nitrogens is 1. The van der Waals surface area contributed by atoms with Crippen LogP contribution >= 0.6 is 0 Å². The first-order valence-electron chi connectivity index (χ1n) is 12.1. The third kappa shape index (κ3) is 3.25. The van der Waals surface area contributed by atoms with Gasteiger partial charge in [0.1, 0.15) is 19.0 Å². The van der Waals surface area contributed by atoms with E-state index in [1.54, 1.807) is 73.1 Å². The van der Waals surface area contributed by atoms with E-state index < -0.39 is 28.9 Å². The number of hydrogen-bond acceptors (Lipinski definition) is 7. The van der Waals surface area contributed by atoms with Crippen LogP contribution in [0.1, 0.15) is 16.7 Å². The average Bonchev–Trinajstić information content (AvgIpc) is 3.32. The number of para-hydroxylation sites is 1. The first-order chi connectivity index (χ1) is 18.5. The normalized spacial score (nSPS) is 21.2. The van der Waals surface area contributed by atoms with Crippen LogP contribution in [0.25, 0.3) is 5.76 Å². The minimum Gasteiger partial charge on any atom is -0.507 e. The molecule has 38 heavy (non-hydrogen) atoms. The standard InChI is InChI=1S/C29H23N3O6/c1-2-12-31-21-8-4-3-7-20(21)29(28(31)36)24(25(33)19-9-10-22-23(15-19)38-14-13-37-22)26(34)27(35)32(29)17-18-6-5-11-30-16-18/h2-11,15-16,33H,1,12-14,17H2. The smallest absolute Gasteiger partial charge is 0.296 e. The molecular weight excluding hydrogens is 486 g/mol. The van der Waals surface area contributed by atoms with E-state index in [1.807, 2.05) is 0 Å². The number of anilines is 1. The van der Waals surface area contributed by atoms with Gasteiger partial charge < -0.3 is 24.4 Å². The highest BCUT2D eigenvalue weighted by molar-refractivity contribution is 6.50. The Labute approximate surface area is 218 Å². The molecule has 1 atom stereocenters. The summed E-state index contributed by atoms with van der Waals surface area (Å²) in [6, 6.07) is 15.2. The van der Waals surface area contributed by atoms with Gasteiger partial charge in [0.25, 0.3) is 17.6 Å². The van der Waals surface area contributed by atoms with Crippen molar-refractivity contribution in [1.29, 1.82) is 0 Å². The van der Waals surface area contributed by atoms with E-state index in [4.69, 9.17) is 9.47 Å². The van der Waals surface area contributed by atoms with Crippen molar-refractivity contribution in [1.82, 2.24) is 9.88 Å². The third-order valence-corrected chi connectivity index (χ3v) is 7.00. The molecule has 1 aromatic heterocycles. The van der Waals surface area contributed by atoms with E-state index in [0.717, 1.165) is 0 Å². The van der Waals surface area contributed by atoms with Gasteiger partial charge in [0, 0.05) is 36.6 Å². The second-order valence-corrected chi connectivity index (χ2v) is 9.10. The van der Waals surface area contributed by atoms with Gasteiger partial charge >= 0.3 is 0 Å². The summed E-state index contributed by atoms with van der Waals surface area (Å²) >= 11 is 0. The van der Waals surface area contributed by atoms with Crippen molar-refractivity contribution in [3.63, 3.8) is 0 Å². The maximum Gasteiger partial charge on any atom is 0.296 e. The quantitative estimate of drug-likeness (QED) is 0.244.